The number of benzene rings is 1. The Bertz CT molecular complexity index is 552. The van der Waals surface area contributed by atoms with Gasteiger partial charge in [0.1, 0.15) is 5.75 Å². The molecule has 0 fully saturated rings. The van der Waals surface area contributed by atoms with Crippen molar-refractivity contribution in [2.75, 3.05) is 0 Å². The number of thiophene rings is 1. The molecule has 0 aliphatic carbocycles. The van der Waals surface area contributed by atoms with Gasteiger partial charge in [0.05, 0.1) is 8.61 Å². The number of ether oxygens (including phenoxy) is 1. The molecule has 0 saturated heterocycles. The number of halogens is 4. The van der Waals surface area contributed by atoms with Gasteiger partial charge in [-0.05, 0) is 52.2 Å². The molecule has 0 amide bonds. The average Bonchev–Trinajstić information content (AvgIpc) is 2.68. The van der Waals surface area contributed by atoms with E-state index in [0.29, 0.717) is 0 Å². The first-order chi connectivity index (χ1) is 8.97. The average molecular weight is 412 g/mol. The summed E-state index contributed by atoms with van der Waals surface area (Å²) in [5, 5.41) is 0. The fourth-order valence-electron chi connectivity index (χ4n) is 1.62. The normalized spacial score (nSPS) is 12.7. The highest BCUT2D eigenvalue weighted by molar-refractivity contribution is 9.11. The number of aryl methyl sites for hydroxylation is 1. The Hall–Kier alpha value is -0.460. The van der Waals surface area contributed by atoms with Gasteiger partial charge in [-0.1, -0.05) is 28.1 Å². The van der Waals surface area contributed by atoms with E-state index in [1.807, 2.05) is 13.0 Å². The zero-order valence-corrected chi connectivity index (χ0v) is 13.9. The van der Waals surface area contributed by atoms with E-state index in [1.165, 1.54) is 6.07 Å². The van der Waals surface area contributed by atoms with Gasteiger partial charge >= 0.3 is 6.61 Å². The Morgan fingerprint density at radius 3 is 2.58 bits per heavy atom. The van der Waals surface area contributed by atoms with Gasteiger partial charge in [-0.15, -0.1) is 11.3 Å². The fraction of sp³-hybridized carbons (Fsp3) is 0.231. The number of rotatable bonds is 4. The Balaban J connectivity index is 2.25. The molecule has 0 N–H and O–H groups in total. The van der Waals surface area contributed by atoms with E-state index in [4.69, 9.17) is 0 Å². The molecule has 102 valence electrons. The van der Waals surface area contributed by atoms with Crippen molar-refractivity contribution in [3.63, 3.8) is 0 Å². The van der Waals surface area contributed by atoms with E-state index >= 15 is 0 Å². The Labute approximate surface area is 130 Å². The van der Waals surface area contributed by atoms with Crippen molar-refractivity contribution >= 4 is 43.2 Å². The molecule has 1 aromatic carbocycles. The molecule has 0 saturated carbocycles. The number of hydrogen-bond donors (Lipinski definition) is 0. The van der Waals surface area contributed by atoms with Crippen LogP contribution in [0.15, 0.2) is 34.1 Å². The summed E-state index contributed by atoms with van der Waals surface area (Å²) in [6.07, 6.45) is 0. The molecule has 1 atom stereocenters. The topological polar surface area (TPSA) is 9.23 Å². The van der Waals surface area contributed by atoms with Crippen molar-refractivity contribution in [3.8, 4) is 5.75 Å². The van der Waals surface area contributed by atoms with Gasteiger partial charge < -0.3 is 4.74 Å². The highest BCUT2D eigenvalue weighted by Gasteiger charge is 2.15. The second kappa shape index (κ2) is 6.33. The van der Waals surface area contributed by atoms with Crippen molar-refractivity contribution in [1.29, 1.82) is 0 Å². The summed E-state index contributed by atoms with van der Waals surface area (Å²) in [4.78, 5) is 1.07. The van der Waals surface area contributed by atoms with Gasteiger partial charge in [-0.2, -0.15) is 8.78 Å². The van der Waals surface area contributed by atoms with Crippen LogP contribution >= 0.6 is 43.2 Å². The number of alkyl halides is 3. The third-order valence-corrected chi connectivity index (χ3v) is 6.03. The molecule has 2 rings (SSSR count). The van der Waals surface area contributed by atoms with Crippen LogP contribution in [-0.2, 0) is 0 Å². The van der Waals surface area contributed by atoms with Crippen LogP contribution in [0.1, 0.15) is 20.8 Å². The highest BCUT2D eigenvalue weighted by atomic mass is 79.9. The molecule has 0 bridgehead atoms. The van der Waals surface area contributed by atoms with Crippen LogP contribution in [0.4, 0.5) is 8.78 Å². The van der Waals surface area contributed by atoms with Gasteiger partial charge in [0.15, 0.2) is 0 Å². The first-order valence-corrected chi connectivity index (χ1v) is 7.94. The minimum atomic E-state index is -2.80. The van der Waals surface area contributed by atoms with Crippen molar-refractivity contribution in [1.82, 2.24) is 0 Å². The molecule has 1 unspecified atom stereocenters. The van der Waals surface area contributed by atoms with Crippen LogP contribution in [-0.4, -0.2) is 6.61 Å². The SMILES string of the molecule is Cc1cc(C(Br)c2cccc(OC(F)F)c2)sc1Br. The predicted octanol–water partition coefficient (Wildman–Crippen LogP) is 5.90. The molecular formula is C13H10Br2F2OS. The lowest BCUT2D eigenvalue weighted by atomic mass is 10.1. The molecule has 0 aliphatic rings. The quantitative estimate of drug-likeness (QED) is 0.568. The molecule has 1 nitrogen and oxygen atoms in total. The molecule has 19 heavy (non-hydrogen) atoms. The minimum Gasteiger partial charge on any atom is -0.435 e. The Morgan fingerprint density at radius 1 is 1.26 bits per heavy atom. The lowest BCUT2D eigenvalue weighted by Gasteiger charge is -2.10. The molecular weight excluding hydrogens is 402 g/mol. The molecule has 1 aromatic heterocycles. The van der Waals surface area contributed by atoms with Gasteiger partial charge in [0.2, 0.25) is 0 Å². The van der Waals surface area contributed by atoms with Crippen molar-refractivity contribution in [2.24, 2.45) is 0 Å². The summed E-state index contributed by atoms with van der Waals surface area (Å²) in [6, 6.07) is 8.78. The smallest absolute Gasteiger partial charge is 0.387 e. The summed E-state index contributed by atoms with van der Waals surface area (Å²) < 4.78 is 29.9. The van der Waals surface area contributed by atoms with Crippen LogP contribution in [0, 0.1) is 6.92 Å². The van der Waals surface area contributed by atoms with Crippen LogP contribution in [0.5, 0.6) is 5.75 Å². The maximum atomic E-state index is 12.2. The Kier molecular flexibility index (Phi) is 4.97. The maximum absolute atomic E-state index is 12.2. The summed E-state index contributed by atoms with van der Waals surface area (Å²) >= 11 is 8.68. The molecule has 0 aliphatic heterocycles. The summed E-state index contributed by atoms with van der Waals surface area (Å²) in [5.41, 5.74) is 2.04. The van der Waals surface area contributed by atoms with E-state index in [-0.39, 0.29) is 10.6 Å². The Morgan fingerprint density at radius 2 is 2.00 bits per heavy atom. The lowest BCUT2D eigenvalue weighted by Crippen LogP contribution is -2.02. The molecule has 2 aromatic rings. The molecule has 1 heterocycles. The van der Waals surface area contributed by atoms with Crippen LogP contribution in [0.3, 0.4) is 0 Å². The lowest BCUT2D eigenvalue weighted by molar-refractivity contribution is -0.0498. The standard InChI is InChI=1S/C13H10Br2F2OS/c1-7-5-10(19-12(7)15)11(14)8-3-2-4-9(6-8)18-13(16)17/h2-6,11,13H,1H3. The van der Waals surface area contributed by atoms with Crippen molar-refractivity contribution in [3.05, 3.63) is 50.1 Å². The summed E-state index contributed by atoms with van der Waals surface area (Å²) in [5.74, 6) is 0.171. The van der Waals surface area contributed by atoms with Crippen LogP contribution in [0.25, 0.3) is 0 Å². The van der Waals surface area contributed by atoms with Crippen molar-refractivity contribution < 1.29 is 13.5 Å². The van der Waals surface area contributed by atoms with E-state index in [1.54, 1.807) is 23.5 Å². The molecule has 6 heteroatoms. The minimum absolute atomic E-state index is 0.0382. The van der Waals surface area contributed by atoms with E-state index < -0.39 is 6.61 Å². The third-order valence-electron chi connectivity index (χ3n) is 2.50. The highest BCUT2D eigenvalue weighted by Crippen LogP contribution is 2.39. The fourth-order valence-corrected chi connectivity index (χ4v) is 3.90. The van der Waals surface area contributed by atoms with Crippen LogP contribution < -0.4 is 4.74 Å². The van der Waals surface area contributed by atoms with Gasteiger partial charge in [-0.3, -0.25) is 0 Å². The van der Waals surface area contributed by atoms with Gasteiger partial charge in [0, 0.05) is 4.88 Å². The monoisotopic (exact) mass is 410 g/mol. The summed E-state index contributed by atoms with van der Waals surface area (Å²) in [7, 11) is 0. The summed E-state index contributed by atoms with van der Waals surface area (Å²) in [6.45, 7) is -0.790. The van der Waals surface area contributed by atoms with E-state index in [0.717, 1.165) is 19.8 Å². The van der Waals surface area contributed by atoms with Gasteiger partial charge in [0.25, 0.3) is 0 Å². The maximum Gasteiger partial charge on any atom is 0.387 e. The van der Waals surface area contributed by atoms with Crippen molar-refractivity contribution in [2.45, 2.75) is 18.4 Å². The first kappa shape index (κ1) is 14.9. The molecule has 0 radical (unpaired) electrons. The third kappa shape index (κ3) is 3.77. The second-order valence-electron chi connectivity index (χ2n) is 3.92. The first-order valence-electron chi connectivity index (χ1n) is 5.42. The molecule has 0 spiro atoms. The van der Waals surface area contributed by atoms with E-state index in [9.17, 15) is 8.78 Å². The second-order valence-corrected chi connectivity index (χ2v) is 7.24. The predicted molar refractivity (Wildman–Crippen MR) is 80.6 cm³/mol. The van der Waals surface area contributed by atoms with E-state index in [2.05, 4.69) is 42.7 Å². The van der Waals surface area contributed by atoms with Gasteiger partial charge in [-0.25, -0.2) is 0 Å². The largest absolute Gasteiger partial charge is 0.435 e. The van der Waals surface area contributed by atoms with Crippen LogP contribution in [0.2, 0.25) is 0 Å². The number of hydrogen-bond acceptors (Lipinski definition) is 2. The zero-order chi connectivity index (χ0) is 14.0. The zero-order valence-electron chi connectivity index (χ0n) is 9.87.